The lowest BCUT2D eigenvalue weighted by Crippen LogP contribution is -3.13. The maximum Gasteiger partial charge on any atom is 0.262 e. The van der Waals surface area contributed by atoms with E-state index in [0.717, 1.165) is 75.4 Å². The summed E-state index contributed by atoms with van der Waals surface area (Å²) in [7, 11) is 0. The van der Waals surface area contributed by atoms with Crippen LogP contribution < -0.4 is 19.9 Å². The number of H-pyrrole nitrogens is 1. The Balaban J connectivity index is 0.999. The number of hydrogen-bond acceptors (Lipinski definition) is 5. The number of aromatic nitrogens is 2. The topological polar surface area (TPSA) is 81.0 Å². The van der Waals surface area contributed by atoms with Gasteiger partial charge >= 0.3 is 0 Å². The first kappa shape index (κ1) is 24.2. The number of ether oxygens (including phenoxy) is 2. The molecule has 3 aromatic rings. The zero-order valence-corrected chi connectivity index (χ0v) is 21.7. The van der Waals surface area contributed by atoms with Crippen LogP contribution in [0.2, 0.25) is 0 Å². The summed E-state index contributed by atoms with van der Waals surface area (Å²) < 4.78 is 13.1. The van der Waals surface area contributed by atoms with Gasteiger partial charge in [0.15, 0.2) is 16.3 Å². The van der Waals surface area contributed by atoms with E-state index in [1.165, 1.54) is 10.5 Å². The minimum absolute atomic E-state index is 0.0290. The molecule has 1 saturated heterocycles. The molecule has 8 nitrogen and oxygen atoms in total. The Morgan fingerprint density at radius 2 is 1.78 bits per heavy atom. The van der Waals surface area contributed by atoms with E-state index in [1.807, 2.05) is 30.3 Å². The van der Waals surface area contributed by atoms with Gasteiger partial charge in [-0.1, -0.05) is 12.1 Å². The van der Waals surface area contributed by atoms with Crippen molar-refractivity contribution in [3.63, 3.8) is 0 Å². The van der Waals surface area contributed by atoms with Crippen molar-refractivity contribution >= 4 is 29.0 Å². The number of carbonyl (C=O) groups excluding carboxylic acids is 1. The molecule has 0 atom stereocenters. The zero-order chi connectivity index (χ0) is 25.4. The summed E-state index contributed by atoms with van der Waals surface area (Å²) in [6, 6.07) is 13.7. The highest BCUT2D eigenvalue weighted by Gasteiger charge is 2.32. The summed E-state index contributed by atoms with van der Waals surface area (Å²) in [5.41, 5.74) is 1.99. The first-order valence-electron chi connectivity index (χ1n) is 13.3. The maximum absolute atomic E-state index is 13.3. The summed E-state index contributed by atoms with van der Waals surface area (Å²) in [4.78, 5) is 33.0. The highest BCUT2D eigenvalue weighted by molar-refractivity contribution is 7.71. The lowest BCUT2D eigenvalue weighted by Gasteiger charge is -2.36. The number of para-hydroxylation sites is 1. The fourth-order valence-electron chi connectivity index (χ4n) is 6.03. The lowest BCUT2D eigenvalue weighted by atomic mass is 9.81. The van der Waals surface area contributed by atoms with Gasteiger partial charge in [0.25, 0.3) is 5.56 Å². The maximum atomic E-state index is 13.3. The predicted octanol–water partition coefficient (Wildman–Crippen LogP) is 2.52. The Morgan fingerprint density at radius 1 is 1.03 bits per heavy atom. The largest absolute Gasteiger partial charge is 0.454 e. The molecule has 2 aliphatic heterocycles. The van der Waals surface area contributed by atoms with E-state index in [-0.39, 0.29) is 11.5 Å². The first-order chi connectivity index (χ1) is 18.0. The van der Waals surface area contributed by atoms with Crippen molar-refractivity contribution in [2.24, 2.45) is 11.8 Å². The van der Waals surface area contributed by atoms with Gasteiger partial charge in [0.05, 0.1) is 37.1 Å². The fraction of sp³-hybridized carbons (Fsp3) is 0.464. The van der Waals surface area contributed by atoms with Gasteiger partial charge in [-0.3, -0.25) is 14.2 Å². The van der Waals surface area contributed by atoms with Crippen LogP contribution in [-0.2, 0) is 17.9 Å². The van der Waals surface area contributed by atoms with Gasteiger partial charge in [-0.05, 0) is 74.2 Å². The molecular weight excluding hydrogens is 488 g/mol. The highest BCUT2D eigenvalue weighted by atomic mass is 32.1. The number of rotatable bonds is 5. The van der Waals surface area contributed by atoms with Crippen molar-refractivity contribution in [3.05, 3.63) is 63.2 Å². The molecule has 2 N–H and O–H groups in total. The number of fused-ring (bicyclic) bond motifs is 2. The van der Waals surface area contributed by atoms with Crippen LogP contribution in [0.5, 0.6) is 11.5 Å². The molecular formula is C28H33N4O4S+. The van der Waals surface area contributed by atoms with Crippen LogP contribution in [0.25, 0.3) is 10.9 Å². The predicted molar refractivity (Wildman–Crippen MR) is 142 cm³/mol. The standard InChI is InChI=1S/C28H32N4O4S/c33-26(31-13-11-30(12-14-31)16-20-7-10-24-25(15-20)36-18-35-24)21-8-5-19(6-9-21)17-32-27(34)22-3-1-2-4-23(22)29-28(32)37/h1-4,7,10,15,19,21H,5-6,8-9,11-14,16-18H2,(H,29,37)/p+1. The zero-order valence-electron chi connectivity index (χ0n) is 20.9. The van der Waals surface area contributed by atoms with Gasteiger partial charge in [0.1, 0.15) is 6.54 Å². The number of nitrogens with one attached hydrogen (secondary N) is 2. The van der Waals surface area contributed by atoms with Crippen molar-refractivity contribution in [2.45, 2.75) is 38.8 Å². The smallest absolute Gasteiger partial charge is 0.262 e. The van der Waals surface area contributed by atoms with Crippen molar-refractivity contribution < 1.29 is 19.2 Å². The summed E-state index contributed by atoms with van der Waals surface area (Å²) in [6.45, 7) is 5.36. The monoisotopic (exact) mass is 521 g/mol. The van der Waals surface area contributed by atoms with Crippen LogP contribution in [0.15, 0.2) is 47.3 Å². The number of amides is 1. The Labute approximate surface area is 220 Å². The van der Waals surface area contributed by atoms with Crippen molar-refractivity contribution in [3.8, 4) is 11.5 Å². The number of quaternary nitrogens is 1. The van der Waals surface area contributed by atoms with Gasteiger partial charge < -0.3 is 24.3 Å². The molecule has 9 heteroatoms. The molecule has 3 aliphatic rings. The Bertz CT molecular complexity index is 1420. The third kappa shape index (κ3) is 5.02. The molecule has 2 aromatic carbocycles. The van der Waals surface area contributed by atoms with E-state index in [9.17, 15) is 9.59 Å². The average molecular weight is 522 g/mol. The fourth-order valence-corrected chi connectivity index (χ4v) is 6.30. The minimum Gasteiger partial charge on any atom is -0.454 e. The minimum atomic E-state index is -0.0290. The SMILES string of the molecule is O=C(C1CCC(Cn2c(=S)[nH]c3ccccc3c2=O)CC1)N1CC[NH+](Cc2ccc3c(c2)OCO3)CC1. The van der Waals surface area contributed by atoms with Crippen LogP contribution >= 0.6 is 12.2 Å². The van der Waals surface area contributed by atoms with Crippen LogP contribution in [-0.4, -0.2) is 53.3 Å². The second kappa shape index (κ2) is 10.3. The van der Waals surface area contributed by atoms with E-state index in [4.69, 9.17) is 21.7 Å². The van der Waals surface area contributed by atoms with Crippen LogP contribution in [0.4, 0.5) is 0 Å². The molecule has 3 heterocycles. The molecule has 194 valence electrons. The number of aromatic amines is 1. The van der Waals surface area contributed by atoms with E-state index >= 15 is 0 Å². The average Bonchev–Trinajstić information content (AvgIpc) is 3.39. The second-order valence-electron chi connectivity index (χ2n) is 10.5. The van der Waals surface area contributed by atoms with Crippen LogP contribution in [0.1, 0.15) is 31.2 Å². The van der Waals surface area contributed by atoms with Gasteiger partial charge in [0.2, 0.25) is 12.7 Å². The molecule has 0 radical (unpaired) electrons. The molecule has 0 unspecified atom stereocenters. The second-order valence-corrected chi connectivity index (χ2v) is 10.9. The number of hydrogen-bond donors (Lipinski definition) is 2. The normalized spacial score (nSPS) is 21.9. The van der Waals surface area contributed by atoms with E-state index in [2.05, 4.69) is 22.0 Å². The van der Waals surface area contributed by atoms with Crippen LogP contribution in [0.3, 0.4) is 0 Å². The van der Waals surface area contributed by atoms with Crippen molar-refractivity contribution in [1.29, 1.82) is 0 Å². The Morgan fingerprint density at radius 3 is 2.59 bits per heavy atom. The number of benzene rings is 2. The summed E-state index contributed by atoms with van der Waals surface area (Å²) in [5, 5.41) is 0.666. The highest BCUT2D eigenvalue weighted by Crippen LogP contribution is 2.33. The van der Waals surface area contributed by atoms with Gasteiger partial charge in [-0.2, -0.15) is 0 Å². The summed E-state index contributed by atoms with van der Waals surface area (Å²) in [6.07, 6.45) is 3.65. The molecule has 1 saturated carbocycles. The Kier molecular flexibility index (Phi) is 6.73. The first-order valence-corrected chi connectivity index (χ1v) is 13.7. The van der Waals surface area contributed by atoms with E-state index < -0.39 is 0 Å². The lowest BCUT2D eigenvalue weighted by molar-refractivity contribution is -0.917. The third-order valence-corrected chi connectivity index (χ3v) is 8.52. The van der Waals surface area contributed by atoms with Crippen LogP contribution in [0, 0.1) is 16.6 Å². The quantitative estimate of drug-likeness (QED) is 0.505. The van der Waals surface area contributed by atoms with Crippen molar-refractivity contribution in [2.75, 3.05) is 33.0 Å². The van der Waals surface area contributed by atoms with E-state index in [0.29, 0.717) is 35.3 Å². The molecule has 0 spiro atoms. The Hall–Kier alpha value is -3.17. The summed E-state index contributed by atoms with van der Waals surface area (Å²) in [5.74, 6) is 2.40. The molecule has 37 heavy (non-hydrogen) atoms. The number of carbonyl (C=O) groups is 1. The number of nitrogens with zero attached hydrogens (tertiary/aromatic N) is 2. The van der Waals surface area contributed by atoms with E-state index in [1.54, 1.807) is 4.57 Å². The van der Waals surface area contributed by atoms with Gasteiger partial charge in [0, 0.05) is 18.0 Å². The molecule has 2 fully saturated rings. The van der Waals surface area contributed by atoms with Crippen molar-refractivity contribution in [1.82, 2.24) is 14.5 Å². The molecule has 1 aromatic heterocycles. The molecule has 1 aliphatic carbocycles. The summed E-state index contributed by atoms with van der Waals surface area (Å²) >= 11 is 5.49. The molecule has 1 amide bonds. The number of piperazine rings is 1. The van der Waals surface area contributed by atoms with Gasteiger partial charge in [-0.15, -0.1) is 0 Å². The molecule has 0 bridgehead atoms. The van der Waals surface area contributed by atoms with Gasteiger partial charge in [-0.25, -0.2) is 0 Å². The third-order valence-electron chi connectivity index (χ3n) is 8.20. The molecule has 6 rings (SSSR count).